The number of nitrogens with zero attached hydrogens (tertiary/aromatic N) is 3. The first-order valence-electron chi connectivity index (χ1n) is 13.6. The lowest BCUT2D eigenvalue weighted by molar-refractivity contribution is -0.186. The van der Waals surface area contributed by atoms with Gasteiger partial charge in [0, 0.05) is 32.3 Å². The number of aliphatic hydroxyl groups is 3. The van der Waals surface area contributed by atoms with Crippen LogP contribution in [-0.2, 0) is 19.0 Å². The SMILES string of the molecule is CO[C@@H]1[C@@H](n2cc(-c3cc(F)c(F)c(F)c3)nn2)[C@@H](O)[C@@H](CO)O[C@H]1SC(=O)CC1(O)CCC2(CCOCC2)CC1. The Hall–Kier alpha value is -2.07. The van der Waals surface area contributed by atoms with Gasteiger partial charge in [-0.05, 0) is 56.1 Å². The second kappa shape index (κ2) is 12.3. The van der Waals surface area contributed by atoms with E-state index in [1.165, 1.54) is 18.0 Å². The van der Waals surface area contributed by atoms with Crippen LogP contribution in [0.5, 0.6) is 0 Å². The zero-order valence-corrected chi connectivity index (χ0v) is 23.4. The molecule has 5 atom stereocenters. The summed E-state index contributed by atoms with van der Waals surface area (Å²) < 4.78 is 59.2. The van der Waals surface area contributed by atoms with E-state index in [4.69, 9.17) is 14.2 Å². The summed E-state index contributed by atoms with van der Waals surface area (Å²) in [6, 6.07) is 0.530. The number of aromatic nitrogens is 3. The topological polar surface area (TPSA) is 136 Å². The minimum Gasteiger partial charge on any atom is -0.394 e. The zero-order chi connectivity index (χ0) is 29.4. The van der Waals surface area contributed by atoms with E-state index in [-0.39, 0.29) is 28.2 Å². The van der Waals surface area contributed by atoms with E-state index >= 15 is 0 Å². The average molecular weight is 602 g/mol. The van der Waals surface area contributed by atoms with Crippen molar-refractivity contribution in [2.75, 3.05) is 26.9 Å². The third kappa shape index (κ3) is 6.33. The van der Waals surface area contributed by atoms with Crippen LogP contribution in [0, 0.1) is 22.9 Å². The van der Waals surface area contributed by atoms with E-state index in [1.54, 1.807) is 0 Å². The van der Waals surface area contributed by atoms with Crippen LogP contribution in [0.3, 0.4) is 0 Å². The van der Waals surface area contributed by atoms with Crippen molar-refractivity contribution in [1.82, 2.24) is 15.0 Å². The number of carbonyl (C=O) groups excluding carboxylic acids is 1. The van der Waals surface area contributed by atoms with Crippen molar-refractivity contribution >= 4 is 16.9 Å². The fourth-order valence-electron chi connectivity index (χ4n) is 6.13. The van der Waals surface area contributed by atoms with E-state index in [1.807, 2.05) is 0 Å². The van der Waals surface area contributed by atoms with Crippen LogP contribution in [0.25, 0.3) is 11.3 Å². The van der Waals surface area contributed by atoms with Gasteiger partial charge in [-0.3, -0.25) is 4.79 Å². The van der Waals surface area contributed by atoms with E-state index < -0.39 is 59.4 Å². The number of rotatable bonds is 7. The van der Waals surface area contributed by atoms with E-state index in [2.05, 4.69) is 10.3 Å². The number of aliphatic hydroxyl groups excluding tert-OH is 2. The maximum Gasteiger partial charge on any atom is 0.194 e. The molecule has 2 saturated heterocycles. The molecule has 41 heavy (non-hydrogen) atoms. The number of ether oxygens (including phenoxy) is 3. The number of hydrogen-bond acceptors (Lipinski definition) is 10. The molecule has 1 aromatic carbocycles. The van der Waals surface area contributed by atoms with Gasteiger partial charge in [-0.15, -0.1) is 5.10 Å². The van der Waals surface area contributed by atoms with Crippen molar-refractivity contribution in [2.45, 2.75) is 80.3 Å². The van der Waals surface area contributed by atoms with Crippen molar-refractivity contribution in [2.24, 2.45) is 5.41 Å². The highest BCUT2D eigenvalue weighted by molar-refractivity contribution is 8.14. The Kier molecular flexibility index (Phi) is 9.09. The average Bonchev–Trinajstić information content (AvgIpc) is 3.44. The zero-order valence-electron chi connectivity index (χ0n) is 22.5. The molecule has 0 amide bonds. The molecule has 2 aliphatic heterocycles. The molecule has 10 nitrogen and oxygen atoms in total. The van der Waals surface area contributed by atoms with Crippen LogP contribution in [0.15, 0.2) is 18.3 Å². The minimum atomic E-state index is -1.61. The van der Waals surface area contributed by atoms with Crippen LogP contribution in [-0.4, -0.2) is 91.7 Å². The van der Waals surface area contributed by atoms with Gasteiger partial charge < -0.3 is 29.5 Å². The second-order valence-electron chi connectivity index (χ2n) is 11.2. The third-order valence-electron chi connectivity index (χ3n) is 8.71. The van der Waals surface area contributed by atoms with E-state index in [9.17, 15) is 33.3 Å². The maximum atomic E-state index is 13.8. The Morgan fingerprint density at radius 1 is 1.15 bits per heavy atom. The molecular weight excluding hydrogens is 567 g/mol. The highest BCUT2D eigenvalue weighted by Gasteiger charge is 2.49. The summed E-state index contributed by atoms with van der Waals surface area (Å²) in [7, 11) is 1.36. The summed E-state index contributed by atoms with van der Waals surface area (Å²) in [5, 5.41) is 39.7. The fraction of sp³-hybridized carbons (Fsp3) is 0.667. The molecule has 1 spiro atoms. The molecule has 14 heteroatoms. The molecule has 1 aromatic heterocycles. The summed E-state index contributed by atoms with van der Waals surface area (Å²) in [5.74, 6) is -4.40. The summed E-state index contributed by atoms with van der Waals surface area (Å²) in [5.41, 5.74) is -2.04. The lowest BCUT2D eigenvalue weighted by Crippen LogP contribution is -2.56. The molecule has 1 aliphatic carbocycles. The Labute approximate surface area is 239 Å². The minimum absolute atomic E-state index is 0.000932. The van der Waals surface area contributed by atoms with Crippen molar-refractivity contribution < 1.29 is 47.5 Å². The third-order valence-corrected chi connectivity index (χ3v) is 9.73. The number of benzene rings is 1. The Balaban J connectivity index is 1.30. The molecule has 2 aromatic rings. The van der Waals surface area contributed by atoms with E-state index in [0.29, 0.717) is 26.1 Å². The highest BCUT2D eigenvalue weighted by atomic mass is 32.2. The van der Waals surface area contributed by atoms with Gasteiger partial charge in [0.05, 0.1) is 18.4 Å². The first kappa shape index (κ1) is 30.4. The predicted molar refractivity (Wildman–Crippen MR) is 140 cm³/mol. The molecule has 226 valence electrons. The van der Waals surface area contributed by atoms with Gasteiger partial charge in [0.15, 0.2) is 22.6 Å². The van der Waals surface area contributed by atoms with Gasteiger partial charge in [-0.2, -0.15) is 0 Å². The Bertz CT molecular complexity index is 1210. The number of thioether (sulfide) groups is 1. The first-order valence-corrected chi connectivity index (χ1v) is 14.5. The quantitative estimate of drug-likeness (QED) is 0.407. The number of halogens is 3. The van der Waals surface area contributed by atoms with Crippen LogP contribution < -0.4 is 0 Å². The fourth-order valence-corrected chi connectivity index (χ4v) is 7.35. The predicted octanol–water partition coefficient (Wildman–Crippen LogP) is 2.75. The first-order chi connectivity index (χ1) is 19.6. The lowest BCUT2D eigenvalue weighted by Gasteiger charge is -2.46. The van der Waals surface area contributed by atoms with Gasteiger partial charge in [0.25, 0.3) is 0 Å². The normalized spacial score (nSPS) is 29.5. The van der Waals surface area contributed by atoms with Gasteiger partial charge in [0.2, 0.25) is 0 Å². The molecule has 0 unspecified atom stereocenters. The molecule has 3 aliphatic rings. The molecule has 3 heterocycles. The van der Waals surface area contributed by atoms with Crippen molar-refractivity contribution in [3.05, 3.63) is 35.8 Å². The monoisotopic (exact) mass is 601 g/mol. The van der Waals surface area contributed by atoms with E-state index in [0.717, 1.165) is 49.6 Å². The summed E-state index contributed by atoms with van der Waals surface area (Å²) in [6.07, 6.45) is 2.34. The second-order valence-corrected chi connectivity index (χ2v) is 12.4. The van der Waals surface area contributed by atoms with Crippen molar-refractivity contribution in [3.8, 4) is 11.3 Å². The molecule has 0 bridgehead atoms. The summed E-state index contributed by atoms with van der Waals surface area (Å²) in [6.45, 7) is 0.855. The van der Waals surface area contributed by atoms with Crippen LogP contribution >= 0.6 is 11.8 Å². The highest BCUT2D eigenvalue weighted by Crippen LogP contribution is 2.49. The molecule has 1 saturated carbocycles. The van der Waals surface area contributed by atoms with Gasteiger partial charge in [-0.25, -0.2) is 17.9 Å². The van der Waals surface area contributed by atoms with Gasteiger partial charge in [0.1, 0.15) is 35.5 Å². The lowest BCUT2D eigenvalue weighted by atomic mass is 9.64. The van der Waals surface area contributed by atoms with Gasteiger partial charge >= 0.3 is 0 Å². The molecule has 0 radical (unpaired) electrons. The maximum absolute atomic E-state index is 13.8. The Morgan fingerprint density at radius 2 is 1.80 bits per heavy atom. The van der Waals surface area contributed by atoms with Crippen LogP contribution in [0.1, 0.15) is 51.0 Å². The molecule has 3 fully saturated rings. The summed E-state index contributed by atoms with van der Waals surface area (Å²) >= 11 is 0.810. The number of hydrogen-bond donors (Lipinski definition) is 3. The Morgan fingerprint density at radius 3 is 2.41 bits per heavy atom. The van der Waals surface area contributed by atoms with Crippen LogP contribution in [0.4, 0.5) is 13.2 Å². The molecule has 3 N–H and O–H groups in total. The molecular formula is C27H34F3N3O7S. The van der Waals surface area contributed by atoms with Gasteiger partial charge in [-0.1, -0.05) is 17.0 Å². The van der Waals surface area contributed by atoms with Crippen molar-refractivity contribution in [3.63, 3.8) is 0 Å². The largest absolute Gasteiger partial charge is 0.394 e. The number of carbonyl (C=O) groups is 1. The summed E-state index contributed by atoms with van der Waals surface area (Å²) in [4.78, 5) is 13.2. The van der Waals surface area contributed by atoms with Crippen LogP contribution in [0.2, 0.25) is 0 Å². The standard InChI is InChI=1S/C27H34F3N3O7S/c1-38-24-22(33-13-18(31-32-33)15-10-16(28)21(30)17(29)11-15)23(36)19(14-34)40-25(24)41-20(35)12-27(37)4-2-26(3-5-27)6-8-39-9-7-26/h10-11,13,19,22-25,34,36-37H,2-9,12,14H2,1H3/t19-,22+,23+,24-,25+/m1/s1. The number of methoxy groups -OCH3 is 1. The molecule has 5 rings (SSSR count). The smallest absolute Gasteiger partial charge is 0.194 e. The van der Waals surface area contributed by atoms with Crippen molar-refractivity contribution in [1.29, 1.82) is 0 Å².